The highest BCUT2D eigenvalue weighted by Crippen LogP contribution is 2.47. The zero-order chi connectivity index (χ0) is 17.6. The van der Waals surface area contributed by atoms with Gasteiger partial charge >= 0.3 is 6.03 Å². The molecule has 25 heavy (non-hydrogen) atoms. The maximum absolute atomic E-state index is 12.7. The molecule has 0 bridgehead atoms. The number of urea groups is 1. The van der Waals surface area contributed by atoms with Gasteiger partial charge in [0.25, 0.3) is 5.91 Å². The van der Waals surface area contributed by atoms with Crippen LogP contribution in [0.2, 0.25) is 0 Å². The van der Waals surface area contributed by atoms with E-state index in [2.05, 4.69) is 10.7 Å². The number of imide groups is 1. The molecule has 3 atom stereocenters. The fourth-order valence-corrected chi connectivity index (χ4v) is 3.20. The number of benzene rings is 1. The number of hydrazine groups is 1. The summed E-state index contributed by atoms with van der Waals surface area (Å²) in [5.41, 5.74) is 1.91. The van der Waals surface area contributed by atoms with Crippen molar-refractivity contribution in [3.05, 3.63) is 60.1 Å². The molecule has 1 saturated carbocycles. The van der Waals surface area contributed by atoms with Crippen LogP contribution in [0.15, 0.2) is 53.1 Å². The molecule has 1 aliphatic carbocycles. The number of amides is 4. The van der Waals surface area contributed by atoms with Crippen molar-refractivity contribution in [1.82, 2.24) is 15.8 Å². The Morgan fingerprint density at radius 1 is 1.24 bits per heavy atom. The summed E-state index contributed by atoms with van der Waals surface area (Å²) < 4.78 is 5.30. The molecule has 7 nitrogen and oxygen atoms in total. The maximum atomic E-state index is 12.7. The molecule has 2 aliphatic rings. The molecule has 7 heteroatoms. The van der Waals surface area contributed by atoms with E-state index in [0.29, 0.717) is 12.0 Å². The first-order valence-corrected chi connectivity index (χ1v) is 8.07. The molecule has 4 amide bonds. The van der Waals surface area contributed by atoms with Crippen LogP contribution in [0.25, 0.3) is 0 Å². The summed E-state index contributed by atoms with van der Waals surface area (Å²) in [7, 11) is 0. The number of carbonyl (C=O) groups is 3. The van der Waals surface area contributed by atoms with Gasteiger partial charge in [-0.2, -0.15) is 5.01 Å². The van der Waals surface area contributed by atoms with Gasteiger partial charge in [-0.05, 0) is 31.0 Å². The van der Waals surface area contributed by atoms with Gasteiger partial charge in [0.05, 0.1) is 12.2 Å². The van der Waals surface area contributed by atoms with Crippen molar-refractivity contribution in [3.63, 3.8) is 0 Å². The lowest BCUT2D eigenvalue weighted by molar-refractivity contribution is -0.139. The van der Waals surface area contributed by atoms with E-state index in [0.717, 1.165) is 10.8 Å². The molecule has 1 aromatic heterocycles. The Morgan fingerprint density at radius 3 is 2.68 bits per heavy atom. The molecule has 2 aromatic rings. The second-order valence-corrected chi connectivity index (χ2v) is 6.50. The van der Waals surface area contributed by atoms with Crippen molar-refractivity contribution in [2.24, 2.45) is 5.92 Å². The predicted molar refractivity (Wildman–Crippen MR) is 86.9 cm³/mol. The standard InChI is InChI=1S/C18H17N3O4/c1-18(11-6-3-2-4-7-11)16(23)21(17(24)19-18)20-15(22)13-10-12(13)14-8-5-9-25-14/h2-9,12-13H,10H2,1H3,(H,19,24)(H,20,22)/t12-,13+,18-/m1/s1. The Bertz CT molecular complexity index is 833. The van der Waals surface area contributed by atoms with Crippen molar-refractivity contribution in [2.75, 3.05) is 0 Å². The average molecular weight is 339 g/mol. The topological polar surface area (TPSA) is 91.7 Å². The first-order chi connectivity index (χ1) is 12.0. The van der Waals surface area contributed by atoms with E-state index < -0.39 is 17.5 Å². The first kappa shape index (κ1) is 15.4. The Labute approximate surface area is 144 Å². The fourth-order valence-electron chi connectivity index (χ4n) is 3.20. The number of carbonyl (C=O) groups excluding carboxylic acids is 3. The van der Waals surface area contributed by atoms with Crippen molar-refractivity contribution in [2.45, 2.75) is 24.8 Å². The van der Waals surface area contributed by atoms with Crippen molar-refractivity contribution >= 4 is 17.8 Å². The SMILES string of the molecule is C[C@]1(c2ccccc2)NC(=O)N(NC(=O)[C@H]2C[C@H]2c2ccco2)C1=O. The summed E-state index contributed by atoms with van der Waals surface area (Å²) >= 11 is 0. The summed E-state index contributed by atoms with van der Waals surface area (Å²) in [6, 6.07) is 11.9. The van der Waals surface area contributed by atoms with Gasteiger partial charge in [-0.1, -0.05) is 30.3 Å². The van der Waals surface area contributed by atoms with Crippen LogP contribution in [-0.2, 0) is 15.1 Å². The van der Waals surface area contributed by atoms with Crippen LogP contribution in [0.5, 0.6) is 0 Å². The van der Waals surface area contributed by atoms with E-state index in [9.17, 15) is 14.4 Å². The third kappa shape index (κ3) is 2.48. The van der Waals surface area contributed by atoms with Crippen LogP contribution in [0.4, 0.5) is 4.79 Å². The molecular weight excluding hydrogens is 322 g/mol. The first-order valence-electron chi connectivity index (χ1n) is 8.07. The predicted octanol–water partition coefficient (Wildman–Crippen LogP) is 1.88. The minimum atomic E-state index is -1.20. The molecule has 0 unspecified atom stereocenters. The van der Waals surface area contributed by atoms with Gasteiger partial charge in [-0.15, -0.1) is 0 Å². The normalized spacial score (nSPS) is 28.0. The van der Waals surface area contributed by atoms with Gasteiger partial charge in [0.1, 0.15) is 11.3 Å². The molecule has 0 radical (unpaired) electrons. The molecule has 0 spiro atoms. The van der Waals surface area contributed by atoms with E-state index in [1.165, 1.54) is 0 Å². The molecular formula is C18H17N3O4. The third-order valence-electron chi connectivity index (χ3n) is 4.80. The summed E-state index contributed by atoms with van der Waals surface area (Å²) in [4.78, 5) is 37.3. The lowest BCUT2D eigenvalue weighted by atomic mass is 9.92. The van der Waals surface area contributed by atoms with Gasteiger partial charge in [-0.25, -0.2) is 4.79 Å². The van der Waals surface area contributed by atoms with Crippen LogP contribution in [-0.4, -0.2) is 22.9 Å². The van der Waals surface area contributed by atoms with Crippen LogP contribution < -0.4 is 10.7 Å². The Kier molecular flexibility index (Phi) is 3.38. The minimum absolute atomic E-state index is 0.00345. The van der Waals surface area contributed by atoms with E-state index in [1.807, 2.05) is 12.1 Å². The highest BCUT2D eigenvalue weighted by atomic mass is 16.3. The summed E-state index contributed by atoms with van der Waals surface area (Å²) in [6.07, 6.45) is 2.20. The Morgan fingerprint density at radius 2 is 2.00 bits per heavy atom. The van der Waals surface area contributed by atoms with Crippen LogP contribution >= 0.6 is 0 Å². The number of nitrogens with one attached hydrogen (secondary N) is 2. The second kappa shape index (κ2) is 5.47. The summed E-state index contributed by atoms with van der Waals surface area (Å²) in [5.74, 6) is -0.424. The lowest BCUT2D eigenvalue weighted by Crippen LogP contribution is -2.48. The molecule has 2 fully saturated rings. The molecule has 1 saturated heterocycles. The van der Waals surface area contributed by atoms with Crippen LogP contribution in [0.1, 0.15) is 30.6 Å². The highest BCUT2D eigenvalue weighted by molar-refractivity contribution is 6.08. The van der Waals surface area contributed by atoms with Crippen LogP contribution in [0.3, 0.4) is 0 Å². The molecule has 1 aromatic carbocycles. The number of nitrogens with zero attached hydrogens (tertiary/aromatic N) is 1. The summed E-state index contributed by atoms with van der Waals surface area (Å²) in [5, 5.41) is 3.42. The summed E-state index contributed by atoms with van der Waals surface area (Å²) in [6.45, 7) is 1.62. The maximum Gasteiger partial charge on any atom is 0.344 e. The largest absolute Gasteiger partial charge is 0.469 e. The third-order valence-corrected chi connectivity index (χ3v) is 4.80. The Balaban J connectivity index is 1.47. The van der Waals surface area contributed by atoms with E-state index in [-0.39, 0.29) is 17.7 Å². The number of hydrogen-bond acceptors (Lipinski definition) is 4. The monoisotopic (exact) mass is 339 g/mol. The van der Waals surface area contributed by atoms with Crippen molar-refractivity contribution in [1.29, 1.82) is 0 Å². The van der Waals surface area contributed by atoms with E-state index in [4.69, 9.17) is 4.42 Å². The number of rotatable bonds is 4. The zero-order valence-corrected chi connectivity index (χ0v) is 13.6. The molecule has 1 aliphatic heterocycles. The van der Waals surface area contributed by atoms with Gasteiger partial charge in [0.15, 0.2) is 0 Å². The lowest BCUT2D eigenvalue weighted by Gasteiger charge is -2.22. The van der Waals surface area contributed by atoms with Crippen molar-refractivity contribution < 1.29 is 18.8 Å². The van der Waals surface area contributed by atoms with Crippen LogP contribution in [0, 0.1) is 5.92 Å². The number of furan rings is 1. The smallest absolute Gasteiger partial charge is 0.344 e. The van der Waals surface area contributed by atoms with E-state index in [1.54, 1.807) is 43.5 Å². The van der Waals surface area contributed by atoms with Crippen molar-refractivity contribution in [3.8, 4) is 0 Å². The molecule has 128 valence electrons. The number of hydrogen-bond donors (Lipinski definition) is 2. The quantitative estimate of drug-likeness (QED) is 0.832. The van der Waals surface area contributed by atoms with Gasteiger partial charge < -0.3 is 9.73 Å². The second-order valence-electron chi connectivity index (χ2n) is 6.50. The van der Waals surface area contributed by atoms with Gasteiger partial charge in [0.2, 0.25) is 5.91 Å². The average Bonchev–Trinajstić information content (AvgIpc) is 3.17. The molecule has 2 N–H and O–H groups in total. The Hall–Kier alpha value is -3.09. The highest BCUT2D eigenvalue weighted by Gasteiger charge is 2.52. The zero-order valence-electron chi connectivity index (χ0n) is 13.6. The van der Waals surface area contributed by atoms with Gasteiger partial charge in [0, 0.05) is 5.92 Å². The fraction of sp³-hybridized carbons (Fsp3) is 0.278. The van der Waals surface area contributed by atoms with E-state index >= 15 is 0 Å². The molecule has 4 rings (SSSR count). The minimum Gasteiger partial charge on any atom is -0.469 e. The molecule has 2 heterocycles. The van der Waals surface area contributed by atoms with Gasteiger partial charge in [-0.3, -0.25) is 15.0 Å².